The molecule has 0 aliphatic rings. The predicted octanol–water partition coefficient (Wildman–Crippen LogP) is 11.9. The largest absolute Gasteiger partial charge is 0.385 e. The van der Waals surface area contributed by atoms with Crippen molar-refractivity contribution in [3.63, 3.8) is 0 Å². The van der Waals surface area contributed by atoms with Crippen molar-refractivity contribution in [2.24, 2.45) is 41.4 Å². The lowest BCUT2D eigenvalue weighted by Crippen LogP contribution is -2.16. The summed E-state index contributed by atoms with van der Waals surface area (Å²) < 4.78 is 0. The Labute approximate surface area is 249 Å². The summed E-state index contributed by atoms with van der Waals surface area (Å²) in [5.74, 6) is 5.55. The molecule has 0 fully saturated rings. The van der Waals surface area contributed by atoms with Gasteiger partial charge in [0.2, 0.25) is 0 Å². The zero-order valence-corrected chi connectivity index (χ0v) is 27.7. The Kier molecular flexibility index (Phi) is 19.3. The van der Waals surface area contributed by atoms with Crippen molar-refractivity contribution in [2.45, 2.75) is 145 Å². The third kappa shape index (κ3) is 18.7. The molecule has 1 aromatic rings. The van der Waals surface area contributed by atoms with Crippen LogP contribution in [0.3, 0.4) is 0 Å². The number of anilines is 1. The average molecular weight is 559 g/mol. The molecule has 0 saturated carbocycles. The molecule has 0 heterocycles. The smallest absolute Gasteiger partial charge is 0.269 e. The number of benzene rings is 1. The van der Waals surface area contributed by atoms with Crippen molar-refractivity contribution in [3.05, 3.63) is 34.4 Å². The molecule has 0 atom stereocenters. The van der Waals surface area contributed by atoms with E-state index in [9.17, 15) is 10.1 Å². The van der Waals surface area contributed by atoms with Crippen molar-refractivity contribution in [1.82, 2.24) is 0 Å². The normalized spacial score (nSPS) is 12.3. The van der Waals surface area contributed by atoms with Crippen molar-refractivity contribution < 1.29 is 4.92 Å². The molecule has 232 valence electrons. The highest BCUT2D eigenvalue weighted by molar-refractivity contribution is 5.48. The highest BCUT2D eigenvalue weighted by Crippen LogP contribution is 2.29. The van der Waals surface area contributed by atoms with Crippen molar-refractivity contribution in [3.8, 4) is 0 Å². The summed E-state index contributed by atoms with van der Waals surface area (Å²) in [7, 11) is 0. The molecule has 0 aliphatic carbocycles. The van der Waals surface area contributed by atoms with Gasteiger partial charge in [-0.25, -0.2) is 0 Å². The van der Waals surface area contributed by atoms with Crippen LogP contribution in [0.25, 0.3) is 0 Å². The van der Waals surface area contributed by atoms with E-state index in [0.29, 0.717) is 5.92 Å². The number of nitrogens with one attached hydrogen (secondary N) is 1. The summed E-state index contributed by atoms with van der Waals surface area (Å²) >= 11 is 0. The van der Waals surface area contributed by atoms with Crippen molar-refractivity contribution in [2.75, 3.05) is 11.9 Å². The predicted molar refractivity (Wildman–Crippen MR) is 176 cm³/mol. The Morgan fingerprint density at radius 2 is 0.900 bits per heavy atom. The number of nitro benzene ring substituents is 1. The molecule has 0 aromatic heterocycles. The Balaban J connectivity index is 2.75. The van der Waals surface area contributed by atoms with Crippen LogP contribution in [0.15, 0.2) is 24.3 Å². The number of nitrogens with zero attached hydrogens (tertiary/aromatic N) is 1. The van der Waals surface area contributed by atoms with Gasteiger partial charge in [-0.1, -0.05) is 132 Å². The molecule has 0 bridgehead atoms. The van der Waals surface area contributed by atoms with Gasteiger partial charge in [0.1, 0.15) is 0 Å². The van der Waals surface area contributed by atoms with Gasteiger partial charge < -0.3 is 5.32 Å². The van der Waals surface area contributed by atoms with E-state index in [1.165, 1.54) is 89.9 Å². The number of non-ortho nitro benzene ring substituents is 1. The SMILES string of the molecule is CC(C)CCC(CCCC(CCCC(CCC(C)C)CCC(C)C)CNc1ccc([N+](=O)[O-])cc1)CCC(C)C. The van der Waals surface area contributed by atoms with Gasteiger partial charge in [-0.05, 0) is 66.4 Å². The van der Waals surface area contributed by atoms with Gasteiger partial charge in [0.05, 0.1) is 4.92 Å². The van der Waals surface area contributed by atoms with Gasteiger partial charge in [0, 0.05) is 24.4 Å². The highest BCUT2D eigenvalue weighted by atomic mass is 16.6. The maximum absolute atomic E-state index is 11.0. The summed E-state index contributed by atoms with van der Waals surface area (Å²) in [6.45, 7) is 19.8. The second-order valence-electron chi connectivity index (χ2n) is 14.5. The van der Waals surface area contributed by atoms with Gasteiger partial charge in [-0.3, -0.25) is 10.1 Å². The maximum atomic E-state index is 11.0. The number of hydrogen-bond donors (Lipinski definition) is 1. The van der Waals surface area contributed by atoms with Crippen molar-refractivity contribution in [1.29, 1.82) is 0 Å². The van der Waals surface area contributed by atoms with Crippen LogP contribution in [0.5, 0.6) is 0 Å². The molecule has 0 radical (unpaired) electrons. The number of rotatable bonds is 24. The van der Waals surface area contributed by atoms with Crippen LogP contribution in [-0.4, -0.2) is 11.5 Å². The van der Waals surface area contributed by atoms with Gasteiger partial charge >= 0.3 is 0 Å². The summed E-state index contributed by atoms with van der Waals surface area (Å²) in [4.78, 5) is 10.7. The fourth-order valence-electron chi connectivity index (χ4n) is 5.84. The van der Waals surface area contributed by atoms with Gasteiger partial charge in [0.25, 0.3) is 5.69 Å². The fraction of sp³-hybridized carbons (Fsp3) is 0.833. The molecule has 0 saturated heterocycles. The number of nitro groups is 1. The van der Waals surface area contributed by atoms with E-state index >= 15 is 0 Å². The summed E-state index contributed by atoms with van der Waals surface area (Å²) in [5, 5.41) is 14.7. The van der Waals surface area contributed by atoms with Crippen LogP contribution < -0.4 is 5.32 Å². The zero-order chi connectivity index (χ0) is 29.9. The van der Waals surface area contributed by atoms with E-state index in [0.717, 1.165) is 47.7 Å². The van der Waals surface area contributed by atoms with Gasteiger partial charge in [0.15, 0.2) is 0 Å². The van der Waals surface area contributed by atoms with E-state index in [1.807, 2.05) is 12.1 Å². The zero-order valence-electron chi connectivity index (χ0n) is 27.7. The van der Waals surface area contributed by atoms with Crippen LogP contribution in [0.1, 0.15) is 145 Å². The molecule has 40 heavy (non-hydrogen) atoms. The van der Waals surface area contributed by atoms with E-state index in [2.05, 4.69) is 60.7 Å². The van der Waals surface area contributed by atoms with E-state index in [1.54, 1.807) is 12.1 Å². The minimum atomic E-state index is -0.323. The highest BCUT2D eigenvalue weighted by Gasteiger charge is 2.16. The maximum Gasteiger partial charge on any atom is 0.269 e. The van der Waals surface area contributed by atoms with E-state index in [4.69, 9.17) is 0 Å². The minimum absolute atomic E-state index is 0.157. The Bertz CT molecular complexity index is 699. The summed E-state index contributed by atoms with van der Waals surface area (Å²) in [6, 6.07) is 6.94. The molecule has 0 spiro atoms. The summed E-state index contributed by atoms with van der Waals surface area (Å²) in [6.07, 6.45) is 18.8. The average Bonchev–Trinajstić information content (AvgIpc) is 2.88. The topological polar surface area (TPSA) is 55.2 Å². The second kappa shape index (κ2) is 21.2. The second-order valence-corrected chi connectivity index (χ2v) is 14.5. The van der Waals surface area contributed by atoms with Crippen LogP contribution in [0.2, 0.25) is 0 Å². The lowest BCUT2D eigenvalue weighted by molar-refractivity contribution is -0.384. The lowest BCUT2D eigenvalue weighted by atomic mass is 9.84. The molecule has 1 N–H and O–H groups in total. The summed E-state index contributed by atoms with van der Waals surface area (Å²) in [5.41, 5.74) is 1.15. The molecule has 4 heteroatoms. The standard InChI is InChI=1S/C36H66N2O2/c1-28(2)15-19-32(20-16-29(3)4)11-9-13-34(27-37-35-23-25-36(26-24-35)38(39)40)14-10-12-33(21-17-30(5)6)22-18-31(7)8/h23-26,28-34,37H,9-22,27H2,1-8H3. The quantitative estimate of drug-likeness (QED) is 0.101. The molecule has 0 amide bonds. The molecular weight excluding hydrogens is 492 g/mol. The lowest BCUT2D eigenvalue weighted by Gasteiger charge is -2.23. The molecular formula is C36H66N2O2. The van der Waals surface area contributed by atoms with Crippen LogP contribution in [0.4, 0.5) is 11.4 Å². The van der Waals surface area contributed by atoms with E-state index in [-0.39, 0.29) is 10.6 Å². The Morgan fingerprint density at radius 3 is 1.23 bits per heavy atom. The molecule has 1 aromatic carbocycles. The van der Waals surface area contributed by atoms with Gasteiger partial charge in [-0.2, -0.15) is 0 Å². The first-order chi connectivity index (χ1) is 19.0. The number of hydrogen-bond acceptors (Lipinski definition) is 3. The first-order valence-electron chi connectivity index (χ1n) is 16.9. The van der Waals surface area contributed by atoms with Crippen LogP contribution >= 0.6 is 0 Å². The molecule has 0 aliphatic heterocycles. The molecule has 1 rings (SSSR count). The third-order valence-electron chi connectivity index (χ3n) is 8.73. The van der Waals surface area contributed by atoms with Crippen LogP contribution in [0, 0.1) is 51.5 Å². The van der Waals surface area contributed by atoms with E-state index < -0.39 is 0 Å². The molecule has 4 nitrogen and oxygen atoms in total. The fourth-order valence-corrected chi connectivity index (χ4v) is 5.84. The van der Waals surface area contributed by atoms with Crippen LogP contribution in [-0.2, 0) is 0 Å². The monoisotopic (exact) mass is 559 g/mol. The van der Waals surface area contributed by atoms with Gasteiger partial charge in [-0.15, -0.1) is 0 Å². The molecule has 0 unspecified atom stereocenters. The third-order valence-corrected chi connectivity index (χ3v) is 8.73. The van der Waals surface area contributed by atoms with Crippen molar-refractivity contribution >= 4 is 11.4 Å². The first-order valence-corrected chi connectivity index (χ1v) is 16.9. The Hall–Kier alpha value is -1.58. The minimum Gasteiger partial charge on any atom is -0.385 e. The Morgan fingerprint density at radius 1 is 0.550 bits per heavy atom. The first kappa shape index (κ1) is 36.4.